The van der Waals surface area contributed by atoms with Crippen LogP contribution in [0.4, 0.5) is 17.1 Å². The molecule has 0 saturated heterocycles. The molecular formula is C24H21N3O3. The number of ether oxygens (including phenoxy) is 3. The predicted molar refractivity (Wildman–Crippen MR) is 119 cm³/mol. The average Bonchev–Trinajstić information content (AvgIpc) is 2.70. The number of hydrogen-bond acceptors (Lipinski definition) is 6. The second kappa shape index (κ2) is 8.36. The van der Waals surface area contributed by atoms with Crippen LogP contribution in [0.3, 0.4) is 0 Å². The van der Waals surface area contributed by atoms with Crippen molar-refractivity contribution in [3.63, 3.8) is 0 Å². The smallest absolute Gasteiger partial charge is 0.212 e. The molecule has 4 aromatic rings. The van der Waals surface area contributed by atoms with E-state index in [1.165, 1.54) is 0 Å². The Bertz CT molecular complexity index is 1110. The highest BCUT2D eigenvalue weighted by Gasteiger charge is 2.16. The standard InChI is InChI=1S/C24H21N3O3/c25-16-5-1-8-19(13-16)28-22-11-4-12-23(29-20-9-2-6-17(26)14-20)24(22)30-21-10-3-7-18(27)15-21/h1-15H,25-27H2. The van der Waals surface area contributed by atoms with Gasteiger partial charge < -0.3 is 31.4 Å². The van der Waals surface area contributed by atoms with Gasteiger partial charge in [0.1, 0.15) is 17.2 Å². The number of para-hydroxylation sites is 1. The van der Waals surface area contributed by atoms with Crippen LogP contribution < -0.4 is 31.4 Å². The van der Waals surface area contributed by atoms with E-state index in [1.807, 2.05) is 36.4 Å². The third-order valence-corrected chi connectivity index (χ3v) is 4.19. The van der Waals surface area contributed by atoms with Crippen LogP contribution in [0.5, 0.6) is 34.5 Å². The summed E-state index contributed by atoms with van der Waals surface area (Å²) in [6, 6.07) is 26.8. The van der Waals surface area contributed by atoms with Crippen molar-refractivity contribution in [2.24, 2.45) is 0 Å². The molecule has 0 atom stereocenters. The van der Waals surface area contributed by atoms with E-state index in [1.54, 1.807) is 54.6 Å². The molecule has 0 aliphatic carbocycles. The molecule has 6 N–H and O–H groups in total. The number of anilines is 3. The van der Waals surface area contributed by atoms with Crippen LogP contribution in [0.15, 0.2) is 91.0 Å². The van der Waals surface area contributed by atoms with Gasteiger partial charge in [0.25, 0.3) is 0 Å². The van der Waals surface area contributed by atoms with Gasteiger partial charge in [0.05, 0.1) is 0 Å². The lowest BCUT2D eigenvalue weighted by Gasteiger charge is -2.17. The quantitative estimate of drug-likeness (QED) is 0.353. The van der Waals surface area contributed by atoms with Crippen LogP contribution in [0.2, 0.25) is 0 Å². The summed E-state index contributed by atoms with van der Waals surface area (Å²) in [5, 5.41) is 0. The Balaban J connectivity index is 1.74. The van der Waals surface area contributed by atoms with Gasteiger partial charge in [0, 0.05) is 35.3 Å². The Hall–Kier alpha value is -4.32. The zero-order chi connectivity index (χ0) is 20.9. The second-order valence-electron chi connectivity index (χ2n) is 6.61. The molecule has 0 saturated carbocycles. The number of nitrogen functional groups attached to an aromatic ring is 3. The third kappa shape index (κ3) is 4.56. The molecule has 0 aliphatic rings. The third-order valence-electron chi connectivity index (χ3n) is 4.19. The summed E-state index contributed by atoms with van der Waals surface area (Å²) in [7, 11) is 0. The Morgan fingerprint density at radius 1 is 0.433 bits per heavy atom. The lowest BCUT2D eigenvalue weighted by molar-refractivity contribution is 0.386. The first-order valence-electron chi connectivity index (χ1n) is 9.30. The van der Waals surface area contributed by atoms with Crippen molar-refractivity contribution in [1.82, 2.24) is 0 Å². The lowest BCUT2D eigenvalue weighted by atomic mass is 10.2. The van der Waals surface area contributed by atoms with E-state index in [0.29, 0.717) is 51.6 Å². The second-order valence-corrected chi connectivity index (χ2v) is 6.61. The van der Waals surface area contributed by atoms with E-state index in [2.05, 4.69) is 0 Å². The fourth-order valence-corrected chi connectivity index (χ4v) is 2.86. The van der Waals surface area contributed by atoms with Crippen LogP contribution in [-0.4, -0.2) is 0 Å². The molecule has 0 unspecified atom stereocenters. The highest BCUT2D eigenvalue weighted by molar-refractivity contribution is 5.58. The summed E-state index contributed by atoms with van der Waals surface area (Å²) in [6.45, 7) is 0. The fourth-order valence-electron chi connectivity index (χ4n) is 2.86. The molecule has 0 spiro atoms. The number of nitrogens with two attached hydrogens (primary N) is 3. The maximum atomic E-state index is 6.13. The maximum Gasteiger partial charge on any atom is 0.212 e. The topological polar surface area (TPSA) is 106 Å². The van der Waals surface area contributed by atoms with Crippen LogP contribution in [0, 0.1) is 0 Å². The minimum absolute atomic E-state index is 0.396. The van der Waals surface area contributed by atoms with Gasteiger partial charge in [-0.1, -0.05) is 24.3 Å². The van der Waals surface area contributed by atoms with Crippen LogP contribution in [-0.2, 0) is 0 Å². The van der Waals surface area contributed by atoms with Crippen molar-refractivity contribution in [3.05, 3.63) is 91.0 Å². The van der Waals surface area contributed by atoms with E-state index < -0.39 is 0 Å². The summed E-state index contributed by atoms with van der Waals surface area (Å²) in [4.78, 5) is 0. The molecule has 0 radical (unpaired) electrons. The molecule has 150 valence electrons. The van der Waals surface area contributed by atoms with E-state index >= 15 is 0 Å². The normalized spacial score (nSPS) is 10.4. The maximum absolute atomic E-state index is 6.13. The van der Waals surface area contributed by atoms with Gasteiger partial charge in [0.15, 0.2) is 11.5 Å². The zero-order valence-electron chi connectivity index (χ0n) is 16.1. The largest absolute Gasteiger partial charge is 0.453 e. The van der Waals surface area contributed by atoms with Crippen molar-refractivity contribution in [2.75, 3.05) is 17.2 Å². The Morgan fingerprint density at radius 2 is 0.800 bits per heavy atom. The average molecular weight is 399 g/mol. The summed E-state index contributed by atoms with van der Waals surface area (Å²) >= 11 is 0. The summed E-state index contributed by atoms with van der Waals surface area (Å²) in [5.41, 5.74) is 19.4. The molecule has 0 aliphatic heterocycles. The molecule has 4 aromatic carbocycles. The SMILES string of the molecule is Nc1cccc(Oc2cccc(Oc3cccc(N)c3)c2Oc2cccc(N)c2)c1. The molecular weight excluding hydrogens is 378 g/mol. The van der Waals surface area contributed by atoms with Gasteiger partial charge in [-0.2, -0.15) is 0 Å². The summed E-state index contributed by atoms with van der Waals surface area (Å²) in [6.07, 6.45) is 0. The van der Waals surface area contributed by atoms with Crippen molar-refractivity contribution in [1.29, 1.82) is 0 Å². The van der Waals surface area contributed by atoms with Gasteiger partial charge in [0.2, 0.25) is 5.75 Å². The van der Waals surface area contributed by atoms with Crippen LogP contribution >= 0.6 is 0 Å². The zero-order valence-corrected chi connectivity index (χ0v) is 16.1. The summed E-state index contributed by atoms with van der Waals surface area (Å²) < 4.78 is 18.2. The molecule has 6 heteroatoms. The lowest BCUT2D eigenvalue weighted by Crippen LogP contribution is -1.96. The monoisotopic (exact) mass is 399 g/mol. The molecule has 0 fully saturated rings. The first-order chi connectivity index (χ1) is 14.6. The summed E-state index contributed by atoms with van der Waals surface area (Å²) in [5.74, 6) is 3.03. The highest BCUT2D eigenvalue weighted by Crippen LogP contribution is 2.44. The van der Waals surface area contributed by atoms with Gasteiger partial charge in [-0.3, -0.25) is 0 Å². The molecule has 0 bridgehead atoms. The minimum Gasteiger partial charge on any atom is -0.453 e. The molecule has 6 nitrogen and oxygen atoms in total. The van der Waals surface area contributed by atoms with E-state index in [4.69, 9.17) is 31.4 Å². The Labute approximate surface area is 174 Å². The Kier molecular flexibility index (Phi) is 5.30. The van der Waals surface area contributed by atoms with Crippen molar-refractivity contribution in [3.8, 4) is 34.5 Å². The van der Waals surface area contributed by atoms with Gasteiger partial charge in [-0.05, 0) is 48.5 Å². The molecule has 0 aromatic heterocycles. The molecule has 0 heterocycles. The first-order valence-corrected chi connectivity index (χ1v) is 9.30. The van der Waals surface area contributed by atoms with Crippen molar-refractivity contribution >= 4 is 17.1 Å². The van der Waals surface area contributed by atoms with E-state index in [-0.39, 0.29) is 0 Å². The van der Waals surface area contributed by atoms with Gasteiger partial charge in [-0.15, -0.1) is 0 Å². The van der Waals surface area contributed by atoms with Gasteiger partial charge >= 0.3 is 0 Å². The highest BCUT2D eigenvalue weighted by atomic mass is 16.5. The number of benzene rings is 4. The van der Waals surface area contributed by atoms with Crippen molar-refractivity contribution in [2.45, 2.75) is 0 Å². The fraction of sp³-hybridized carbons (Fsp3) is 0. The van der Waals surface area contributed by atoms with Crippen LogP contribution in [0.25, 0.3) is 0 Å². The first kappa shape index (κ1) is 19.0. The molecule has 4 rings (SSSR count). The van der Waals surface area contributed by atoms with Crippen LogP contribution in [0.1, 0.15) is 0 Å². The van der Waals surface area contributed by atoms with Gasteiger partial charge in [-0.25, -0.2) is 0 Å². The molecule has 30 heavy (non-hydrogen) atoms. The molecule has 0 amide bonds. The van der Waals surface area contributed by atoms with Crippen molar-refractivity contribution < 1.29 is 14.2 Å². The predicted octanol–water partition coefficient (Wildman–Crippen LogP) is 5.81. The minimum atomic E-state index is 0.396. The van der Waals surface area contributed by atoms with E-state index in [9.17, 15) is 0 Å². The Morgan fingerprint density at radius 3 is 1.20 bits per heavy atom. The van der Waals surface area contributed by atoms with E-state index in [0.717, 1.165) is 0 Å². The number of rotatable bonds is 6. The number of hydrogen-bond donors (Lipinski definition) is 3.